The summed E-state index contributed by atoms with van der Waals surface area (Å²) in [4.78, 5) is 11.2. The van der Waals surface area contributed by atoms with E-state index in [0.29, 0.717) is 18.1 Å². The summed E-state index contributed by atoms with van der Waals surface area (Å²) in [5.41, 5.74) is 0.826. The van der Waals surface area contributed by atoms with Crippen molar-refractivity contribution in [2.24, 2.45) is 5.92 Å². The lowest BCUT2D eigenvalue weighted by atomic mass is 10.2. The number of hydrogen-bond acceptors (Lipinski definition) is 4. The molecule has 0 spiro atoms. The number of rotatable bonds is 3. The lowest BCUT2D eigenvalue weighted by Gasteiger charge is -1.90. The molecule has 0 bridgehead atoms. The molecule has 0 amide bonds. The van der Waals surface area contributed by atoms with Crippen molar-refractivity contribution in [3.05, 3.63) is 11.1 Å². The van der Waals surface area contributed by atoms with E-state index in [4.69, 9.17) is 0 Å². The maximum absolute atomic E-state index is 11.2. The summed E-state index contributed by atoms with van der Waals surface area (Å²) in [6, 6.07) is 0. The Morgan fingerprint density at radius 2 is 2.55 bits per heavy atom. The molecule has 4 heteroatoms. The highest BCUT2D eigenvalue weighted by atomic mass is 32.1. The summed E-state index contributed by atoms with van der Waals surface area (Å²) in [5, 5.41) is 5.65. The van der Waals surface area contributed by atoms with Gasteiger partial charge in [-0.1, -0.05) is 4.49 Å². The van der Waals surface area contributed by atoms with Crippen molar-refractivity contribution in [1.29, 1.82) is 0 Å². The van der Waals surface area contributed by atoms with Crippen LogP contribution in [0.25, 0.3) is 0 Å². The van der Waals surface area contributed by atoms with Crippen LogP contribution in [0.2, 0.25) is 0 Å². The minimum Gasteiger partial charge on any atom is -0.299 e. The summed E-state index contributed by atoms with van der Waals surface area (Å²) >= 11 is 1.30. The van der Waals surface area contributed by atoms with Gasteiger partial charge < -0.3 is 0 Å². The van der Waals surface area contributed by atoms with Crippen LogP contribution in [0.15, 0.2) is 5.38 Å². The van der Waals surface area contributed by atoms with Gasteiger partial charge in [-0.3, -0.25) is 4.79 Å². The van der Waals surface area contributed by atoms with E-state index in [1.165, 1.54) is 11.5 Å². The fourth-order valence-electron chi connectivity index (χ4n) is 0.989. The van der Waals surface area contributed by atoms with Gasteiger partial charge in [0, 0.05) is 11.3 Å². The zero-order chi connectivity index (χ0) is 7.68. The largest absolute Gasteiger partial charge is 0.299 e. The molecular weight excluding hydrogens is 160 g/mol. The van der Waals surface area contributed by atoms with E-state index in [0.717, 1.165) is 18.5 Å². The van der Waals surface area contributed by atoms with Gasteiger partial charge in [-0.05, 0) is 24.4 Å². The summed E-state index contributed by atoms with van der Waals surface area (Å²) in [7, 11) is 0. The Balaban J connectivity index is 1.94. The molecule has 2 rings (SSSR count). The van der Waals surface area contributed by atoms with Gasteiger partial charge in [0.1, 0.15) is 5.78 Å². The van der Waals surface area contributed by atoms with Crippen LogP contribution in [-0.4, -0.2) is 15.4 Å². The first-order valence-electron chi connectivity index (χ1n) is 3.65. The number of aromatic nitrogens is 2. The average molecular weight is 168 g/mol. The minimum absolute atomic E-state index is 0.331. The van der Waals surface area contributed by atoms with E-state index < -0.39 is 0 Å². The van der Waals surface area contributed by atoms with Crippen molar-refractivity contribution in [2.75, 3.05) is 0 Å². The third kappa shape index (κ3) is 1.63. The van der Waals surface area contributed by atoms with Gasteiger partial charge >= 0.3 is 0 Å². The van der Waals surface area contributed by atoms with Crippen molar-refractivity contribution in [2.45, 2.75) is 19.3 Å². The monoisotopic (exact) mass is 168 g/mol. The van der Waals surface area contributed by atoms with Crippen molar-refractivity contribution in [1.82, 2.24) is 9.59 Å². The topological polar surface area (TPSA) is 42.9 Å². The summed E-state index contributed by atoms with van der Waals surface area (Å²) in [6.07, 6.45) is 2.65. The highest BCUT2D eigenvalue weighted by Gasteiger charge is 2.29. The van der Waals surface area contributed by atoms with Crippen LogP contribution in [0.3, 0.4) is 0 Å². The summed E-state index contributed by atoms with van der Waals surface area (Å²) in [5.74, 6) is 0.675. The van der Waals surface area contributed by atoms with E-state index in [1.54, 1.807) is 0 Å². The van der Waals surface area contributed by atoms with E-state index in [9.17, 15) is 4.79 Å². The molecule has 1 saturated carbocycles. The van der Waals surface area contributed by atoms with E-state index >= 15 is 0 Å². The predicted octanol–water partition coefficient (Wildman–Crippen LogP) is 1.06. The molecule has 3 nitrogen and oxygen atoms in total. The van der Waals surface area contributed by atoms with E-state index in [1.807, 2.05) is 5.38 Å². The molecule has 0 unspecified atom stereocenters. The molecule has 0 saturated heterocycles. The molecule has 0 radical (unpaired) electrons. The van der Waals surface area contributed by atoms with Crippen LogP contribution in [0.1, 0.15) is 18.5 Å². The van der Waals surface area contributed by atoms with Crippen LogP contribution in [0.5, 0.6) is 0 Å². The molecule has 0 N–H and O–H groups in total. The third-order valence-electron chi connectivity index (χ3n) is 1.79. The van der Waals surface area contributed by atoms with Gasteiger partial charge in [0.2, 0.25) is 0 Å². The molecule has 1 aliphatic carbocycles. The Kier molecular flexibility index (Phi) is 1.69. The second-order valence-electron chi connectivity index (χ2n) is 2.81. The Hall–Kier alpha value is -0.770. The van der Waals surface area contributed by atoms with Gasteiger partial charge in [-0.15, -0.1) is 5.10 Å². The Labute approximate surface area is 68.6 Å². The van der Waals surface area contributed by atoms with Gasteiger partial charge in [0.05, 0.1) is 12.1 Å². The van der Waals surface area contributed by atoms with Gasteiger partial charge in [0.15, 0.2) is 0 Å². The number of nitrogens with zero attached hydrogens (tertiary/aromatic N) is 2. The zero-order valence-electron chi connectivity index (χ0n) is 5.99. The fraction of sp³-hybridized carbons (Fsp3) is 0.571. The molecule has 0 atom stereocenters. The standard InChI is InChI=1S/C7H8N2OS/c10-7(5-1-2-5)3-6-4-11-9-8-6/h4-5H,1-3H2. The molecule has 1 aliphatic rings. The molecule has 1 heterocycles. The average Bonchev–Trinajstić information content (AvgIpc) is 2.73. The summed E-state index contributed by atoms with van der Waals surface area (Å²) in [6.45, 7) is 0. The number of ketones is 1. The number of carbonyl (C=O) groups is 1. The predicted molar refractivity (Wildman–Crippen MR) is 41.3 cm³/mol. The lowest BCUT2D eigenvalue weighted by Crippen LogP contribution is -2.04. The molecule has 1 aromatic rings. The molecular formula is C7H8N2OS. The van der Waals surface area contributed by atoms with Crippen LogP contribution >= 0.6 is 11.5 Å². The summed E-state index contributed by atoms with van der Waals surface area (Å²) < 4.78 is 3.69. The lowest BCUT2D eigenvalue weighted by molar-refractivity contribution is -0.119. The van der Waals surface area contributed by atoms with Crippen LogP contribution < -0.4 is 0 Å². The first-order valence-corrected chi connectivity index (χ1v) is 4.48. The first-order chi connectivity index (χ1) is 5.36. The molecule has 0 aromatic carbocycles. The van der Waals surface area contributed by atoms with Crippen molar-refractivity contribution in [3.63, 3.8) is 0 Å². The van der Waals surface area contributed by atoms with Crippen LogP contribution in [-0.2, 0) is 11.2 Å². The van der Waals surface area contributed by atoms with Crippen LogP contribution in [0, 0.1) is 5.92 Å². The SMILES string of the molecule is O=C(Cc1csnn1)C1CC1. The maximum atomic E-state index is 11.2. The molecule has 11 heavy (non-hydrogen) atoms. The van der Waals surface area contributed by atoms with Crippen LogP contribution in [0.4, 0.5) is 0 Å². The number of hydrogen-bond donors (Lipinski definition) is 0. The number of Topliss-reactive ketones (excluding diaryl/α,β-unsaturated/α-hetero) is 1. The Morgan fingerprint density at radius 3 is 3.09 bits per heavy atom. The first kappa shape index (κ1) is 6.91. The highest BCUT2D eigenvalue weighted by molar-refractivity contribution is 7.03. The smallest absolute Gasteiger partial charge is 0.142 e. The molecule has 1 aromatic heterocycles. The Bertz CT molecular complexity index is 253. The third-order valence-corrected chi connectivity index (χ3v) is 2.35. The molecule has 1 fully saturated rings. The molecule has 0 aliphatic heterocycles. The second kappa shape index (κ2) is 2.70. The van der Waals surface area contributed by atoms with Gasteiger partial charge in [0.25, 0.3) is 0 Å². The maximum Gasteiger partial charge on any atom is 0.142 e. The quantitative estimate of drug-likeness (QED) is 0.677. The van der Waals surface area contributed by atoms with Gasteiger partial charge in [-0.2, -0.15) is 0 Å². The van der Waals surface area contributed by atoms with E-state index in [2.05, 4.69) is 9.59 Å². The Morgan fingerprint density at radius 1 is 1.73 bits per heavy atom. The van der Waals surface area contributed by atoms with Crippen molar-refractivity contribution in [3.8, 4) is 0 Å². The van der Waals surface area contributed by atoms with E-state index in [-0.39, 0.29) is 0 Å². The minimum atomic E-state index is 0.331. The molecule has 58 valence electrons. The van der Waals surface area contributed by atoms with Gasteiger partial charge in [-0.25, -0.2) is 0 Å². The second-order valence-corrected chi connectivity index (χ2v) is 3.42. The highest BCUT2D eigenvalue weighted by Crippen LogP contribution is 2.30. The zero-order valence-corrected chi connectivity index (χ0v) is 6.80. The normalized spacial score (nSPS) is 16.7. The van der Waals surface area contributed by atoms with Crippen molar-refractivity contribution < 1.29 is 4.79 Å². The fourth-order valence-corrected chi connectivity index (χ4v) is 1.44. The van der Waals surface area contributed by atoms with Crippen molar-refractivity contribution >= 4 is 17.3 Å². The number of carbonyl (C=O) groups excluding carboxylic acids is 1.